The van der Waals surface area contributed by atoms with E-state index in [4.69, 9.17) is 16.3 Å². The fraction of sp³-hybridized carbons (Fsp3) is 0.846. The molecule has 0 unspecified atom stereocenters. The van der Waals surface area contributed by atoms with Gasteiger partial charge in [-0.1, -0.05) is 25.7 Å². The van der Waals surface area contributed by atoms with Gasteiger partial charge in [-0.05, 0) is 19.8 Å². The van der Waals surface area contributed by atoms with Crippen molar-refractivity contribution in [3.8, 4) is 0 Å². The lowest BCUT2D eigenvalue weighted by Crippen LogP contribution is -2.17. The zero-order valence-electron chi connectivity index (χ0n) is 11.5. The lowest BCUT2D eigenvalue weighted by Gasteiger charge is -2.06. The summed E-state index contributed by atoms with van der Waals surface area (Å²) in [6.07, 6.45) is 5.48. The number of rotatable bonds is 11. The van der Waals surface area contributed by atoms with Crippen LogP contribution in [-0.4, -0.2) is 37.8 Å². The Labute approximate surface area is 119 Å². The predicted molar refractivity (Wildman–Crippen MR) is 72.4 cm³/mol. The molecule has 0 N–H and O–H groups in total. The number of ether oxygens (including phenoxy) is 3. The summed E-state index contributed by atoms with van der Waals surface area (Å²) in [5.74, 6) is 0.174. The average Bonchev–Trinajstić information content (AvgIpc) is 2.40. The highest BCUT2D eigenvalue weighted by molar-refractivity contribution is 6.17. The molecule has 19 heavy (non-hydrogen) atoms. The molecule has 0 aromatic rings. The molecule has 5 nitrogen and oxygen atoms in total. The summed E-state index contributed by atoms with van der Waals surface area (Å²) in [4.78, 5) is 21.9. The van der Waals surface area contributed by atoms with Gasteiger partial charge in [0.1, 0.15) is 0 Å². The van der Waals surface area contributed by atoms with E-state index in [-0.39, 0.29) is 6.61 Å². The minimum atomic E-state index is -0.848. The van der Waals surface area contributed by atoms with Gasteiger partial charge in [-0.2, -0.15) is 0 Å². The van der Waals surface area contributed by atoms with Gasteiger partial charge in [0, 0.05) is 5.88 Å². The summed E-state index contributed by atoms with van der Waals surface area (Å²) in [5, 5.41) is 0. The number of hydrogen-bond acceptors (Lipinski definition) is 5. The molecule has 0 aromatic carbocycles. The van der Waals surface area contributed by atoms with E-state index in [0.29, 0.717) is 6.61 Å². The topological polar surface area (TPSA) is 61.8 Å². The van der Waals surface area contributed by atoms with E-state index in [2.05, 4.69) is 9.47 Å². The molecular formula is C13H23ClO5. The maximum absolute atomic E-state index is 11.2. The molecule has 0 fully saturated rings. The van der Waals surface area contributed by atoms with Crippen LogP contribution in [0.2, 0.25) is 0 Å². The zero-order chi connectivity index (χ0) is 14.3. The van der Waals surface area contributed by atoms with Crippen molar-refractivity contribution in [2.45, 2.75) is 45.4 Å². The summed E-state index contributed by atoms with van der Waals surface area (Å²) in [7, 11) is 0. The first-order valence-corrected chi connectivity index (χ1v) is 7.25. The SMILES string of the molecule is CCOC(=O)OCC(=O)OCCCCCCCCCl. The van der Waals surface area contributed by atoms with Crippen LogP contribution in [0.3, 0.4) is 0 Å². The summed E-state index contributed by atoms with van der Waals surface area (Å²) in [6.45, 7) is 1.85. The Bertz CT molecular complexity index is 245. The molecule has 0 bridgehead atoms. The van der Waals surface area contributed by atoms with Crippen LogP contribution < -0.4 is 0 Å². The van der Waals surface area contributed by atoms with Crippen LogP contribution in [0.25, 0.3) is 0 Å². The molecule has 0 rings (SSSR count). The van der Waals surface area contributed by atoms with Gasteiger partial charge in [0.15, 0.2) is 6.61 Å². The summed E-state index contributed by atoms with van der Waals surface area (Å²) in [5.41, 5.74) is 0. The Morgan fingerprint density at radius 1 is 0.895 bits per heavy atom. The van der Waals surface area contributed by atoms with Crippen LogP contribution >= 0.6 is 11.6 Å². The molecule has 6 heteroatoms. The molecule has 0 radical (unpaired) electrons. The van der Waals surface area contributed by atoms with Gasteiger partial charge < -0.3 is 14.2 Å². The minimum absolute atomic E-state index is 0.220. The number of carbonyl (C=O) groups is 2. The Morgan fingerprint density at radius 3 is 2.16 bits per heavy atom. The first-order chi connectivity index (χ1) is 9.20. The van der Waals surface area contributed by atoms with Gasteiger partial charge in [0.2, 0.25) is 0 Å². The van der Waals surface area contributed by atoms with Gasteiger partial charge in [-0.15, -0.1) is 11.6 Å². The quantitative estimate of drug-likeness (QED) is 0.332. The number of alkyl halides is 1. The average molecular weight is 295 g/mol. The fourth-order valence-corrected chi connectivity index (χ4v) is 1.60. The van der Waals surface area contributed by atoms with Crippen molar-refractivity contribution >= 4 is 23.7 Å². The van der Waals surface area contributed by atoms with E-state index in [0.717, 1.165) is 44.4 Å². The Balaban J connectivity index is 3.27. The van der Waals surface area contributed by atoms with Crippen LogP contribution in [-0.2, 0) is 19.0 Å². The van der Waals surface area contributed by atoms with Gasteiger partial charge in [-0.3, -0.25) is 0 Å². The molecule has 0 aliphatic heterocycles. The van der Waals surface area contributed by atoms with E-state index >= 15 is 0 Å². The largest absolute Gasteiger partial charge is 0.508 e. The highest BCUT2D eigenvalue weighted by Crippen LogP contribution is 2.06. The smallest absolute Gasteiger partial charge is 0.463 e. The molecule has 0 aliphatic rings. The number of esters is 1. The highest BCUT2D eigenvalue weighted by Gasteiger charge is 2.08. The number of carbonyl (C=O) groups excluding carboxylic acids is 2. The Hall–Kier alpha value is -0.970. The lowest BCUT2D eigenvalue weighted by atomic mass is 10.1. The monoisotopic (exact) mass is 294 g/mol. The first-order valence-electron chi connectivity index (χ1n) is 6.71. The number of halogens is 1. The summed E-state index contributed by atoms with van der Waals surface area (Å²) in [6, 6.07) is 0. The minimum Gasteiger partial charge on any atom is -0.463 e. The third-order valence-electron chi connectivity index (χ3n) is 2.36. The van der Waals surface area contributed by atoms with E-state index < -0.39 is 18.7 Å². The summed E-state index contributed by atoms with van der Waals surface area (Å²) >= 11 is 5.57. The van der Waals surface area contributed by atoms with Crippen molar-refractivity contribution in [3.05, 3.63) is 0 Å². The molecular weight excluding hydrogens is 272 g/mol. The van der Waals surface area contributed by atoms with Crippen LogP contribution in [0.5, 0.6) is 0 Å². The van der Waals surface area contributed by atoms with E-state index in [1.54, 1.807) is 6.92 Å². The van der Waals surface area contributed by atoms with E-state index in [1.807, 2.05) is 0 Å². The second-order valence-corrected chi connectivity index (χ2v) is 4.38. The van der Waals surface area contributed by atoms with E-state index in [9.17, 15) is 9.59 Å². The van der Waals surface area contributed by atoms with Crippen molar-refractivity contribution in [3.63, 3.8) is 0 Å². The first kappa shape index (κ1) is 18.0. The van der Waals surface area contributed by atoms with Crippen LogP contribution in [0.15, 0.2) is 0 Å². The zero-order valence-corrected chi connectivity index (χ0v) is 12.2. The fourth-order valence-electron chi connectivity index (χ4n) is 1.41. The van der Waals surface area contributed by atoms with E-state index in [1.165, 1.54) is 0 Å². The van der Waals surface area contributed by atoms with Gasteiger partial charge in [-0.25, -0.2) is 9.59 Å². The standard InChI is InChI=1S/C13H23ClO5/c1-2-17-13(16)19-11-12(15)18-10-8-6-4-3-5-7-9-14/h2-11H2,1H3. The van der Waals surface area contributed by atoms with Gasteiger partial charge >= 0.3 is 12.1 Å². The lowest BCUT2D eigenvalue weighted by molar-refractivity contribution is -0.147. The van der Waals surface area contributed by atoms with Crippen molar-refractivity contribution in [1.82, 2.24) is 0 Å². The van der Waals surface area contributed by atoms with Crippen molar-refractivity contribution in [2.24, 2.45) is 0 Å². The molecule has 0 saturated carbocycles. The third kappa shape index (κ3) is 13.3. The summed E-state index contributed by atoms with van der Waals surface area (Å²) < 4.78 is 13.9. The molecule has 0 amide bonds. The molecule has 0 aliphatic carbocycles. The molecule has 0 saturated heterocycles. The van der Waals surface area contributed by atoms with Crippen LogP contribution in [0.1, 0.15) is 45.4 Å². The Kier molecular flexibility index (Phi) is 12.8. The van der Waals surface area contributed by atoms with Gasteiger partial charge in [0.05, 0.1) is 13.2 Å². The van der Waals surface area contributed by atoms with Crippen molar-refractivity contribution in [2.75, 3.05) is 25.7 Å². The van der Waals surface area contributed by atoms with Crippen molar-refractivity contribution in [1.29, 1.82) is 0 Å². The molecule has 0 spiro atoms. The van der Waals surface area contributed by atoms with Gasteiger partial charge in [0.25, 0.3) is 0 Å². The molecule has 0 atom stereocenters. The van der Waals surface area contributed by atoms with Crippen LogP contribution in [0, 0.1) is 0 Å². The number of hydrogen-bond donors (Lipinski definition) is 0. The molecule has 0 heterocycles. The van der Waals surface area contributed by atoms with Crippen molar-refractivity contribution < 1.29 is 23.8 Å². The highest BCUT2D eigenvalue weighted by atomic mass is 35.5. The Morgan fingerprint density at radius 2 is 1.53 bits per heavy atom. The maximum atomic E-state index is 11.2. The number of unbranched alkanes of at least 4 members (excludes halogenated alkanes) is 5. The third-order valence-corrected chi connectivity index (χ3v) is 2.63. The normalized spacial score (nSPS) is 10.0. The molecule has 0 aromatic heterocycles. The van der Waals surface area contributed by atoms with Crippen LogP contribution in [0.4, 0.5) is 4.79 Å². The molecule has 112 valence electrons. The second-order valence-electron chi connectivity index (χ2n) is 4.00. The maximum Gasteiger partial charge on any atom is 0.508 e. The second kappa shape index (κ2) is 13.5. The predicted octanol–water partition coefficient (Wildman–Crippen LogP) is 3.28.